The largest absolute Gasteiger partial charge is 0.388 e. The summed E-state index contributed by atoms with van der Waals surface area (Å²) in [7, 11) is 0. The van der Waals surface area contributed by atoms with Gasteiger partial charge in [-0.1, -0.05) is 18.1 Å². The van der Waals surface area contributed by atoms with Crippen molar-refractivity contribution in [3.05, 3.63) is 35.4 Å². The van der Waals surface area contributed by atoms with Gasteiger partial charge < -0.3 is 10.8 Å². The summed E-state index contributed by atoms with van der Waals surface area (Å²) in [5.74, 6) is 5.79. The minimum atomic E-state index is -0.905. The van der Waals surface area contributed by atoms with Crippen LogP contribution in [0.2, 0.25) is 0 Å². The second-order valence-electron chi connectivity index (χ2n) is 4.13. The summed E-state index contributed by atoms with van der Waals surface area (Å²) in [4.78, 5) is 0. The first-order valence-electron chi connectivity index (χ1n) is 4.96. The Morgan fingerprint density at radius 1 is 1.27 bits per heavy atom. The lowest BCUT2D eigenvalue weighted by Crippen LogP contribution is -2.34. The van der Waals surface area contributed by atoms with E-state index in [1.165, 1.54) is 0 Å². The number of rotatable bonds is 2. The molecule has 2 heteroatoms. The van der Waals surface area contributed by atoms with Crippen molar-refractivity contribution in [3.63, 3.8) is 0 Å². The highest BCUT2D eigenvalue weighted by Gasteiger charge is 2.24. The summed E-state index contributed by atoms with van der Waals surface area (Å²) in [5.41, 5.74) is 6.89. The molecule has 0 amide bonds. The predicted octanol–water partition coefficient (Wildman–Crippen LogP) is 1.83. The molecular weight excluding hydrogens is 186 g/mol. The van der Waals surface area contributed by atoms with Crippen LogP contribution in [0.1, 0.15) is 37.9 Å². The van der Waals surface area contributed by atoms with Gasteiger partial charge in [-0.15, -0.1) is 5.92 Å². The molecule has 0 saturated heterocycles. The van der Waals surface area contributed by atoms with E-state index in [-0.39, 0.29) is 6.04 Å². The average molecular weight is 203 g/mol. The minimum Gasteiger partial charge on any atom is -0.388 e. The molecule has 1 atom stereocenters. The van der Waals surface area contributed by atoms with Crippen LogP contribution < -0.4 is 5.73 Å². The maximum Gasteiger partial charge on any atom is 0.0783 e. The standard InChI is InChI=1S/C13H17NO/c1-4-5-10-6-8-11(9-7-10)12(14)13(2,3)15/h6-9,12,15H,14H2,1-3H3. The molecule has 0 radical (unpaired) electrons. The van der Waals surface area contributed by atoms with Crippen LogP contribution in [-0.4, -0.2) is 10.7 Å². The summed E-state index contributed by atoms with van der Waals surface area (Å²) < 4.78 is 0. The zero-order valence-electron chi connectivity index (χ0n) is 9.41. The fourth-order valence-electron chi connectivity index (χ4n) is 1.33. The molecule has 0 heterocycles. The Morgan fingerprint density at radius 3 is 2.20 bits per heavy atom. The van der Waals surface area contributed by atoms with Gasteiger partial charge in [-0.05, 0) is 38.5 Å². The summed E-state index contributed by atoms with van der Waals surface area (Å²) in [5, 5.41) is 9.76. The highest BCUT2D eigenvalue weighted by Crippen LogP contribution is 2.22. The van der Waals surface area contributed by atoms with Crippen LogP contribution in [0.25, 0.3) is 0 Å². The van der Waals surface area contributed by atoms with Crippen molar-refractivity contribution in [2.24, 2.45) is 5.73 Å². The van der Waals surface area contributed by atoms with Crippen LogP contribution in [0.5, 0.6) is 0 Å². The lowest BCUT2D eigenvalue weighted by atomic mass is 9.92. The number of benzene rings is 1. The molecule has 15 heavy (non-hydrogen) atoms. The lowest BCUT2D eigenvalue weighted by molar-refractivity contribution is 0.0517. The topological polar surface area (TPSA) is 46.2 Å². The summed E-state index contributed by atoms with van der Waals surface area (Å²) in [6.07, 6.45) is 0. The van der Waals surface area contributed by atoms with Crippen molar-refractivity contribution in [2.75, 3.05) is 0 Å². The highest BCUT2D eigenvalue weighted by molar-refractivity contribution is 5.37. The van der Waals surface area contributed by atoms with Gasteiger partial charge in [0.2, 0.25) is 0 Å². The van der Waals surface area contributed by atoms with E-state index in [2.05, 4.69) is 11.8 Å². The number of hydrogen-bond acceptors (Lipinski definition) is 2. The van der Waals surface area contributed by atoms with Crippen LogP contribution in [0.15, 0.2) is 24.3 Å². The molecule has 0 aliphatic heterocycles. The molecule has 1 unspecified atom stereocenters. The molecule has 0 saturated carbocycles. The second kappa shape index (κ2) is 4.48. The minimum absolute atomic E-state index is 0.374. The quantitative estimate of drug-likeness (QED) is 0.720. The Hall–Kier alpha value is -1.30. The first-order valence-corrected chi connectivity index (χ1v) is 4.96. The molecule has 0 aromatic heterocycles. The first kappa shape index (κ1) is 11.8. The summed E-state index contributed by atoms with van der Waals surface area (Å²) >= 11 is 0. The van der Waals surface area contributed by atoms with Gasteiger partial charge in [0.05, 0.1) is 11.6 Å². The molecule has 1 rings (SSSR count). The van der Waals surface area contributed by atoms with Crippen LogP contribution in [0.4, 0.5) is 0 Å². The van der Waals surface area contributed by atoms with Crippen LogP contribution in [-0.2, 0) is 0 Å². The van der Waals surface area contributed by atoms with E-state index in [1.54, 1.807) is 20.8 Å². The first-order chi connectivity index (χ1) is 6.95. The zero-order valence-corrected chi connectivity index (χ0v) is 9.41. The van der Waals surface area contributed by atoms with Crippen LogP contribution in [0.3, 0.4) is 0 Å². The highest BCUT2D eigenvalue weighted by atomic mass is 16.3. The van der Waals surface area contributed by atoms with Crippen molar-refractivity contribution in [3.8, 4) is 11.8 Å². The SMILES string of the molecule is CC#Cc1ccc(C(N)C(C)(C)O)cc1. The number of nitrogens with two attached hydrogens (primary N) is 1. The molecule has 0 spiro atoms. The monoisotopic (exact) mass is 203 g/mol. The van der Waals surface area contributed by atoms with E-state index in [4.69, 9.17) is 5.73 Å². The van der Waals surface area contributed by atoms with Crippen molar-refractivity contribution in [2.45, 2.75) is 32.4 Å². The Balaban J connectivity index is 2.92. The molecule has 2 nitrogen and oxygen atoms in total. The van der Waals surface area contributed by atoms with E-state index >= 15 is 0 Å². The molecular formula is C13H17NO. The smallest absolute Gasteiger partial charge is 0.0783 e. The van der Waals surface area contributed by atoms with Gasteiger partial charge in [-0.25, -0.2) is 0 Å². The van der Waals surface area contributed by atoms with Crippen LogP contribution in [0, 0.1) is 11.8 Å². The van der Waals surface area contributed by atoms with Crippen LogP contribution >= 0.6 is 0 Å². The zero-order chi connectivity index (χ0) is 11.5. The van der Waals surface area contributed by atoms with Crippen molar-refractivity contribution in [1.29, 1.82) is 0 Å². The predicted molar refractivity (Wildman–Crippen MR) is 62.2 cm³/mol. The Labute approximate surface area is 91.1 Å². The Morgan fingerprint density at radius 2 is 1.80 bits per heavy atom. The molecule has 0 aliphatic rings. The van der Waals surface area contributed by atoms with E-state index in [9.17, 15) is 5.11 Å². The normalized spacial score (nSPS) is 12.9. The molecule has 0 fully saturated rings. The van der Waals surface area contributed by atoms with Crippen molar-refractivity contribution < 1.29 is 5.11 Å². The number of aliphatic hydroxyl groups is 1. The maximum absolute atomic E-state index is 9.76. The van der Waals surface area contributed by atoms with Gasteiger partial charge in [-0.2, -0.15) is 0 Å². The fraction of sp³-hybridized carbons (Fsp3) is 0.385. The van der Waals surface area contributed by atoms with Gasteiger partial charge >= 0.3 is 0 Å². The fourth-order valence-corrected chi connectivity index (χ4v) is 1.33. The number of hydrogen-bond donors (Lipinski definition) is 2. The summed E-state index contributed by atoms with van der Waals surface area (Å²) in [6, 6.07) is 7.26. The van der Waals surface area contributed by atoms with E-state index in [0.717, 1.165) is 11.1 Å². The third-order valence-corrected chi connectivity index (χ3v) is 2.30. The lowest BCUT2D eigenvalue weighted by Gasteiger charge is -2.25. The Bertz CT molecular complexity index is 376. The molecule has 1 aromatic carbocycles. The van der Waals surface area contributed by atoms with E-state index in [0.29, 0.717) is 0 Å². The molecule has 80 valence electrons. The van der Waals surface area contributed by atoms with Gasteiger partial charge in [0.25, 0.3) is 0 Å². The van der Waals surface area contributed by atoms with Gasteiger partial charge in [-0.3, -0.25) is 0 Å². The van der Waals surface area contributed by atoms with E-state index in [1.807, 2.05) is 24.3 Å². The molecule has 0 aliphatic carbocycles. The average Bonchev–Trinajstić information content (AvgIpc) is 2.17. The second-order valence-corrected chi connectivity index (χ2v) is 4.13. The third-order valence-electron chi connectivity index (χ3n) is 2.30. The van der Waals surface area contributed by atoms with Gasteiger partial charge in [0.15, 0.2) is 0 Å². The van der Waals surface area contributed by atoms with Crippen molar-refractivity contribution >= 4 is 0 Å². The Kier molecular flexibility index (Phi) is 3.52. The summed E-state index contributed by atoms with van der Waals surface area (Å²) in [6.45, 7) is 5.21. The van der Waals surface area contributed by atoms with Gasteiger partial charge in [0, 0.05) is 5.56 Å². The van der Waals surface area contributed by atoms with Crippen molar-refractivity contribution in [1.82, 2.24) is 0 Å². The molecule has 1 aromatic rings. The maximum atomic E-state index is 9.76. The molecule has 0 bridgehead atoms. The molecule has 3 N–H and O–H groups in total. The third kappa shape index (κ3) is 3.09. The van der Waals surface area contributed by atoms with Gasteiger partial charge in [0.1, 0.15) is 0 Å². The van der Waals surface area contributed by atoms with E-state index < -0.39 is 5.60 Å².